The van der Waals surface area contributed by atoms with Crippen LogP contribution in [0.2, 0.25) is 0 Å². The smallest absolute Gasteiger partial charge is 0.338 e. The number of aliphatic hydroxyl groups excluding tert-OH is 2. The van der Waals surface area contributed by atoms with Gasteiger partial charge in [-0.1, -0.05) is 20.9 Å². The molecule has 2 aromatic rings. The van der Waals surface area contributed by atoms with Gasteiger partial charge >= 0.3 is 5.97 Å². The van der Waals surface area contributed by atoms with Crippen LogP contribution in [0.5, 0.6) is 11.5 Å². The van der Waals surface area contributed by atoms with Crippen molar-refractivity contribution in [1.82, 2.24) is 0 Å². The van der Waals surface area contributed by atoms with Gasteiger partial charge in [0.2, 0.25) is 0 Å². The molecule has 0 aliphatic rings. The van der Waals surface area contributed by atoms with Crippen molar-refractivity contribution in [2.24, 2.45) is 0 Å². The number of carbonyl (C=O) groups excluding carboxylic acids is 2. The number of phenolic OH excluding ortho intramolecular Hbond substituents is 2. The quantitative estimate of drug-likeness (QED) is 0.475. The van der Waals surface area contributed by atoms with Crippen molar-refractivity contribution in [2.45, 2.75) is 35.0 Å². The van der Waals surface area contributed by atoms with Gasteiger partial charge in [-0.3, -0.25) is 4.79 Å². The topological polar surface area (TPSA) is 124 Å². The van der Waals surface area contributed by atoms with E-state index >= 15 is 0 Å². The summed E-state index contributed by atoms with van der Waals surface area (Å²) in [5.74, 6) is -0.854. The van der Waals surface area contributed by atoms with Crippen molar-refractivity contribution >= 4 is 11.8 Å². The third kappa shape index (κ3) is 8.35. The zero-order valence-corrected chi connectivity index (χ0v) is 13.9. The Kier molecular flexibility index (Phi) is 12.1. The van der Waals surface area contributed by atoms with Crippen LogP contribution in [0.3, 0.4) is 0 Å². The summed E-state index contributed by atoms with van der Waals surface area (Å²) in [6.45, 7) is 1.11. The normalized spacial score (nSPS) is 9.04. The molecule has 0 heterocycles. The van der Waals surface area contributed by atoms with E-state index in [1.165, 1.54) is 44.4 Å². The molecule has 150 valence electrons. The number of aliphatic hydroxyl groups is 2. The molecule has 0 unspecified atom stereocenters. The van der Waals surface area contributed by atoms with Crippen LogP contribution < -0.4 is 0 Å². The number of phenols is 2. The van der Waals surface area contributed by atoms with Crippen LogP contribution in [-0.4, -0.2) is 39.3 Å². The number of methoxy groups -OCH3 is 1. The highest BCUT2D eigenvalue weighted by Crippen LogP contribution is 2.17. The van der Waals surface area contributed by atoms with Crippen molar-refractivity contribution in [1.29, 1.82) is 0 Å². The first-order chi connectivity index (χ1) is 11.8. The van der Waals surface area contributed by atoms with E-state index in [2.05, 4.69) is 4.74 Å². The van der Waals surface area contributed by atoms with Crippen LogP contribution in [0.4, 0.5) is 0 Å². The molecule has 0 saturated heterocycles. The lowest BCUT2D eigenvalue weighted by atomic mass is 10.1. The Labute approximate surface area is 159 Å². The van der Waals surface area contributed by atoms with Crippen molar-refractivity contribution in [3.05, 3.63) is 58.7 Å². The fraction of sp³-hybridized carbons (Fsp3) is 0.300. The van der Waals surface area contributed by atoms with Crippen LogP contribution >= 0.6 is 0 Å². The van der Waals surface area contributed by atoms with Crippen LogP contribution in [-0.2, 0) is 18.0 Å². The largest absolute Gasteiger partial charge is 0.508 e. The lowest BCUT2D eigenvalue weighted by molar-refractivity contribution is 0.0600. The number of hydrogen-bond donors (Lipinski definition) is 4. The molecule has 0 aliphatic carbocycles. The second-order valence-corrected chi connectivity index (χ2v) is 5.14. The number of rotatable bonds is 4. The van der Waals surface area contributed by atoms with Crippen LogP contribution in [0.15, 0.2) is 36.4 Å². The molecular weight excluding hydrogens is 352 g/mol. The Balaban J connectivity index is 0. The van der Waals surface area contributed by atoms with Crippen LogP contribution in [0, 0.1) is 0 Å². The van der Waals surface area contributed by atoms with E-state index in [0.717, 1.165) is 0 Å². The summed E-state index contributed by atoms with van der Waals surface area (Å²) in [4.78, 5) is 22.1. The molecular formula is C20H28O7. The van der Waals surface area contributed by atoms with E-state index in [4.69, 9.17) is 15.3 Å². The van der Waals surface area contributed by atoms with Gasteiger partial charge in [-0.2, -0.15) is 0 Å². The van der Waals surface area contributed by atoms with E-state index in [-0.39, 0.29) is 56.5 Å². The molecule has 0 radical (unpaired) electrons. The number of benzene rings is 2. The van der Waals surface area contributed by atoms with Gasteiger partial charge in [0.1, 0.15) is 11.5 Å². The summed E-state index contributed by atoms with van der Waals surface area (Å²) >= 11 is 0. The highest BCUT2D eigenvalue weighted by Gasteiger charge is 2.10. The standard InChI is InChI=1S/C10H10O4.C8H10O3.2CH4/c1-6(11)7-3-8(10(13)14-2)5-9(12)4-7;9-4-6-1-7(5-10)3-8(11)2-6;;/h3-5,12H,1-2H3;1-3,9-11H,4-5H2;2*1H4. The summed E-state index contributed by atoms with van der Waals surface area (Å²) in [6.07, 6.45) is 0. The Morgan fingerprint density at radius 2 is 1.26 bits per heavy atom. The van der Waals surface area contributed by atoms with Gasteiger partial charge in [0.15, 0.2) is 5.78 Å². The monoisotopic (exact) mass is 380 g/mol. The maximum atomic E-state index is 11.1. The van der Waals surface area contributed by atoms with E-state index in [1.54, 1.807) is 6.07 Å². The minimum absolute atomic E-state index is 0. The number of ketones is 1. The van der Waals surface area contributed by atoms with Gasteiger partial charge in [-0.15, -0.1) is 0 Å². The molecule has 4 N–H and O–H groups in total. The van der Waals surface area contributed by atoms with E-state index in [9.17, 15) is 14.7 Å². The lowest BCUT2D eigenvalue weighted by Gasteiger charge is -2.02. The molecule has 7 nitrogen and oxygen atoms in total. The fourth-order valence-electron chi connectivity index (χ4n) is 1.98. The maximum absolute atomic E-state index is 11.1. The van der Waals surface area contributed by atoms with E-state index in [1.807, 2.05) is 0 Å². The van der Waals surface area contributed by atoms with Crippen molar-refractivity contribution < 1.29 is 34.8 Å². The number of carbonyl (C=O) groups is 2. The number of Topliss-reactive ketones (excluding diaryl/α,β-unsaturated/α-hetero) is 1. The molecule has 2 rings (SSSR count). The summed E-state index contributed by atoms with van der Waals surface area (Å²) in [6, 6.07) is 8.49. The predicted molar refractivity (Wildman–Crippen MR) is 103 cm³/mol. The highest BCUT2D eigenvalue weighted by atomic mass is 16.5. The average molecular weight is 380 g/mol. The van der Waals surface area contributed by atoms with Crippen LogP contribution in [0.25, 0.3) is 0 Å². The lowest BCUT2D eigenvalue weighted by Crippen LogP contribution is -2.03. The first kappa shape index (κ1) is 26.3. The fourth-order valence-corrected chi connectivity index (χ4v) is 1.98. The Morgan fingerprint density at radius 3 is 1.67 bits per heavy atom. The second kappa shape index (κ2) is 12.5. The molecule has 0 spiro atoms. The number of aromatic hydroxyl groups is 2. The van der Waals surface area contributed by atoms with Gasteiger partial charge < -0.3 is 25.2 Å². The summed E-state index contributed by atoms with van der Waals surface area (Å²) in [7, 11) is 1.24. The highest BCUT2D eigenvalue weighted by molar-refractivity contribution is 5.98. The van der Waals surface area contributed by atoms with Gasteiger partial charge in [0.25, 0.3) is 0 Å². The summed E-state index contributed by atoms with van der Waals surface area (Å²) < 4.78 is 4.46. The van der Waals surface area contributed by atoms with Crippen molar-refractivity contribution in [2.75, 3.05) is 7.11 Å². The molecule has 27 heavy (non-hydrogen) atoms. The van der Waals surface area contributed by atoms with Gasteiger partial charge in [0, 0.05) is 5.56 Å². The minimum atomic E-state index is -0.580. The SMILES string of the molecule is C.C.COC(=O)c1cc(O)cc(C(C)=O)c1.OCc1cc(O)cc(CO)c1. The molecule has 0 atom stereocenters. The van der Waals surface area contributed by atoms with Gasteiger partial charge in [-0.05, 0) is 48.4 Å². The molecule has 0 amide bonds. The Hall–Kier alpha value is -2.90. The zero-order chi connectivity index (χ0) is 19.0. The van der Waals surface area contributed by atoms with Crippen LogP contribution in [0.1, 0.15) is 53.6 Å². The van der Waals surface area contributed by atoms with Gasteiger partial charge in [0.05, 0.1) is 25.9 Å². The predicted octanol–water partition coefficient (Wildman–Crippen LogP) is 3.03. The summed E-state index contributed by atoms with van der Waals surface area (Å²) in [5, 5.41) is 35.6. The number of hydrogen-bond acceptors (Lipinski definition) is 7. The minimum Gasteiger partial charge on any atom is -0.508 e. The first-order valence-electron chi connectivity index (χ1n) is 7.27. The van der Waals surface area contributed by atoms with Crippen molar-refractivity contribution in [3.63, 3.8) is 0 Å². The molecule has 0 aromatic heterocycles. The zero-order valence-electron chi connectivity index (χ0n) is 13.9. The Bertz CT molecular complexity index is 732. The molecule has 0 saturated carbocycles. The van der Waals surface area contributed by atoms with Gasteiger partial charge in [-0.25, -0.2) is 4.79 Å². The summed E-state index contributed by atoms with van der Waals surface area (Å²) in [5.41, 5.74) is 1.66. The molecule has 0 aliphatic heterocycles. The third-order valence-corrected chi connectivity index (χ3v) is 3.15. The Morgan fingerprint density at radius 1 is 0.815 bits per heavy atom. The molecule has 0 fully saturated rings. The average Bonchev–Trinajstić information content (AvgIpc) is 2.60. The van der Waals surface area contributed by atoms with E-state index < -0.39 is 5.97 Å². The maximum Gasteiger partial charge on any atom is 0.338 e. The molecule has 0 bridgehead atoms. The second-order valence-electron chi connectivity index (χ2n) is 5.14. The molecule has 2 aromatic carbocycles. The van der Waals surface area contributed by atoms with Crippen molar-refractivity contribution in [3.8, 4) is 11.5 Å². The molecule has 7 heteroatoms. The number of esters is 1. The first-order valence-corrected chi connectivity index (χ1v) is 7.27. The number of ether oxygens (including phenoxy) is 1. The third-order valence-electron chi connectivity index (χ3n) is 3.15. The van der Waals surface area contributed by atoms with E-state index in [0.29, 0.717) is 11.1 Å².